The Morgan fingerprint density at radius 3 is 2.80 bits per heavy atom. The summed E-state index contributed by atoms with van der Waals surface area (Å²) in [5.41, 5.74) is 3.50. The van der Waals surface area contributed by atoms with Crippen molar-refractivity contribution in [2.75, 3.05) is 5.43 Å². The summed E-state index contributed by atoms with van der Waals surface area (Å²) in [7, 11) is 0. The van der Waals surface area contributed by atoms with Gasteiger partial charge < -0.3 is 5.43 Å². The zero-order valence-corrected chi connectivity index (χ0v) is 14.1. The largest absolute Gasteiger partial charge is 0.312 e. The maximum Gasteiger partial charge on any atom is 0.269 e. The van der Waals surface area contributed by atoms with Crippen LogP contribution in [0.5, 0.6) is 0 Å². The van der Waals surface area contributed by atoms with Crippen LogP contribution >= 0.6 is 0 Å². The highest BCUT2D eigenvalue weighted by molar-refractivity contribution is 5.78. The Hall–Kier alpha value is -2.43. The first-order valence-corrected chi connectivity index (χ1v) is 8.98. The molecule has 1 fully saturated rings. The lowest BCUT2D eigenvalue weighted by molar-refractivity contribution is 0.252. The monoisotopic (exact) mass is 339 g/mol. The minimum atomic E-state index is -0.584. The van der Waals surface area contributed by atoms with Crippen LogP contribution < -0.4 is 11.0 Å². The lowest BCUT2D eigenvalue weighted by atomic mass is 9.72. The first-order valence-electron chi connectivity index (χ1n) is 8.98. The third-order valence-electron chi connectivity index (χ3n) is 5.50. The van der Waals surface area contributed by atoms with Crippen molar-refractivity contribution < 1.29 is 4.39 Å². The molecule has 0 aromatic carbocycles. The van der Waals surface area contributed by atoms with Crippen LogP contribution in [0.1, 0.15) is 38.5 Å². The molecule has 4 rings (SSSR count). The molecule has 0 spiro atoms. The number of rotatable bonds is 3. The van der Waals surface area contributed by atoms with Gasteiger partial charge in [0.1, 0.15) is 0 Å². The number of halogens is 1. The highest BCUT2D eigenvalue weighted by Crippen LogP contribution is 2.38. The van der Waals surface area contributed by atoms with Gasteiger partial charge in [-0.1, -0.05) is 43.6 Å². The van der Waals surface area contributed by atoms with Gasteiger partial charge in [0.25, 0.3) is 5.56 Å². The van der Waals surface area contributed by atoms with Gasteiger partial charge in [0, 0.05) is 23.7 Å². The molecule has 2 aliphatic carbocycles. The highest BCUT2D eigenvalue weighted by atomic mass is 19.1. The third kappa shape index (κ3) is 2.99. The SMILES string of the molecule is O=c1ccc2cnc(F)cc2n1NC1(C2CCCCC2)C=CC=CC1. The summed E-state index contributed by atoms with van der Waals surface area (Å²) in [6, 6.07) is 4.51. The van der Waals surface area contributed by atoms with Gasteiger partial charge in [-0.3, -0.25) is 4.79 Å². The maximum atomic E-state index is 13.7. The smallest absolute Gasteiger partial charge is 0.269 e. The summed E-state index contributed by atoms with van der Waals surface area (Å²) in [5, 5.41) is 0.739. The van der Waals surface area contributed by atoms with Crippen molar-refractivity contribution >= 4 is 10.9 Å². The van der Waals surface area contributed by atoms with E-state index in [0.29, 0.717) is 11.4 Å². The molecule has 25 heavy (non-hydrogen) atoms. The zero-order chi connectivity index (χ0) is 17.3. The van der Waals surface area contributed by atoms with E-state index in [4.69, 9.17) is 0 Å². The summed E-state index contributed by atoms with van der Waals surface area (Å²) < 4.78 is 15.2. The zero-order valence-electron chi connectivity index (χ0n) is 14.1. The van der Waals surface area contributed by atoms with Crippen molar-refractivity contribution in [3.8, 4) is 0 Å². The lowest BCUT2D eigenvalue weighted by Crippen LogP contribution is -2.51. The van der Waals surface area contributed by atoms with Crippen LogP contribution in [0.15, 0.2) is 53.5 Å². The minimum Gasteiger partial charge on any atom is -0.312 e. The predicted molar refractivity (Wildman–Crippen MR) is 97.5 cm³/mol. The molecule has 0 bridgehead atoms. The van der Waals surface area contributed by atoms with Crippen molar-refractivity contribution in [2.45, 2.75) is 44.1 Å². The van der Waals surface area contributed by atoms with Crippen LogP contribution in [0.3, 0.4) is 0 Å². The van der Waals surface area contributed by atoms with Crippen LogP contribution in [0, 0.1) is 11.9 Å². The Morgan fingerprint density at radius 2 is 2.04 bits per heavy atom. The van der Waals surface area contributed by atoms with Gasteiger partial charge in [-0.15, -0.1) is 0 Å². The van der Waals surface area contributed by atoms with E-state index in [1.54, 1.807) is 6.07 Å². The van der Waals surface area contributed by atoms with E-state index >= 15 is 0 Å². The maximum absolute atomic E-state index is 13.7. The summed E-state index contributed by atoms with van der Waals surface area (Å²) in [5.74, 6) is -0.129. The Balaban J connectivity index is 1.80. The fourth-order valence-corrected chi connectivity index (χ4v) is 4.16. The average molecular weight is 339 g/mol. The molecule has 1 saturated carbocycles. The van der Waals surface area contributed by atoms with Crippen molar-refractivity contribution in [3.63, 3.8) is 0 Å². The minimum absolute atomic E-state index is 0.184. The third-order valence-corrected chi connectivity index (χ3v) is 5.50. The molecule has 1 atom stereocenters. The molecule has 0 amide bonds. The summed E-state index contributed by atoms with van der Waals surface area (Å²) in [6.07, 6.45) is 16.7. The number of pyridine rings is 2. The molecule has 2 aromatic heterocycles. The number of hydrogen-bond donors (Lipinski definition) is 1. The topological polar surface area (TPSA) is 46.9 Å². The number of allylic oxidation sites excluding steroid dienone is 2. The van der Waals surface area contributed by atoms with Gasteiger partial charge in [0.15, 0.2) is 0 Å². The van der Waals surface area contributed by atoms with Crippen LogP contribution in [-0.4, -0.2) is 15.2 Å². The number of nitrogens with zero attached hydrogens (tertiary/aromatic N) is 2. The van der Waals surface area contributed by atoms with Crippen molar-refractivity contribution in [1.82, 2.24) is 9.66 Å². The van der Waals surface area contributed by atoms with E-state index in [9.17, 15) is 9.18 Å². The molecule has 2 aromatic rings. The van der Waals surface area contributed by atoms with Gasteiger partial charge in [-0.2, -0.15) is 4.39 Å². The number of nitrogens with one attached hydrogen (secondary N) is 1. The van der Waals surface area contributed by atoms with Crippen LogP contribution in [0.4, 0.5) is 4.39 Å². The van der Waals surface area contributed by atoms with Gasteiger partial charge >= 0.3 is 0 Å². The van der Waals surface area contributed by atoms with Gasteiger partial charge in [-0.25, -0.2) is 9.66 Å². The van der Waals surface area contributed by atoms with E-state index in [-0.39, 0.29) is 11.1 Å². The fraction of sp³-hybridized carbons (Fsp3) is 0.400. The Labute approximate surface area is 146 Å². The first kappa shape index (κ1) is 16.1. The molecule has 2 heterocycles. The van der Waals surface area contributed by atoms with E-state index in [2.05, 4.69) is 22.6 Å². The van der Waals surface area contributed by atoms with Gasteiger partial charge in [0.05, 0.1) is 11.1 Å². The van der Waals surface area contributed by atoms with Gasteiger partial charge in [-0.05, 0) is 31.2 Å². The second kappa shape index (κ2) is 6.47. The fourth-order valence-electron chi connectivity index (χ4n) is 4.16. The number of fused-ring (bicyclic) bond motifs is 1. The van der Waals surface area contributed by atoms with Crippen LogP contribution in [-0.2, 0) is 0 Å². The molecule has 130 valence electrons. The molecule has 1 unspecified atom stereocenters. The molecule has 1 N–H and O–H groups in total. The normalized spacial score (nSPS) is 23.9. The molecule has 5 heteroatoms. The molecular weight excluding hydrogens is 317 g/mol. The first-order chi connectivity index (χ1) is 12.2. The van der Waals surface area contributed by atoms with Crippen molar-refractivity contribution in [2.24, 2.45) is 5.92 Å². The van der Waals surface area contributed by atoms with Crippen molar-refractivity contribution in [1.29, 1.82) is 0 Å². The van der Waals surface area contributed by atoms with E-state index in [1.807, 2.05) is 12.2 Å². The van der Waals surface area contributed by atoms with Crippen LogP contribution in [0.25, 0.3) is 10.9 Å². The summed E-state index contributed by atoms with van der Waals surface area (Å²) >= 11 is 0. The Morgan fingerprint density at radius 1 is 1.20 bits per heavy atom. The summed E-state index contributed by atoms with van der Waals surface area (Å²) in [4.78, 5) is 16.3. The Bertz CT molecular complexity index is 895. The molecule has 4 nitrogen and oxygen atoms in total. The molecular formula is C20H22FN3O. The molecule has 0 aliphatic heterocycles. The van der Waals surface area contributed by atoms with Crippen molar-refractivity contribution in [3.05, 3.63) is 65.0 Å². The summed E-state index contributed by atoms with van der Waals surface area (Å²) in [6.45, 7) is 0. The molecule has 0 saturated heterocycles. The number of aromatic nitrogens is 2. The van der Waals surface area contributed by atoms with E-state index in [0.717, 1.165) is 24.6 Å². The quantitative estimate of drug-likeness (QED) is 0.863. The highest BCUT2D eigenvalue weighted by Gasteiger charge is 2.37. The molecule has 2 aliphatic rings. The second-order valence-electron chi connectivity index (χ2n) is 7.05. The van der Waals surface area contributed by atoms with Crippen LogP contribution in [0.2, 0.25) is 0 Å². The lowest BCUT2D eigenvalue weighted by Gasteiger charge is -2.42. The van der Waals surface area contributed by atoms with E-state index in [1.165, 1.54) is 42.3 Å². The molecule has 0 radical (unpaired) electrons. The second-order valence-corrected chi connectivity index (χ2v) is 7.05. The Kier molecular flexibility index (Phi) is 4.15. The standard InChI is InChI=1S/C20H22FN3O/c21-18-13-17-15(14-22-18)9-10-19(25)24(17)23-20(11-5-2-6-12-20)16-7-3-1-4-8-16/h2,5-6,9-11,13-14,16,23H,1,3-4,7-8,12H2. The predicted octanol–water partition coefficient (Wildman–Crippen LogP) is 3.91. The average Bonchev–Trinajstić information content (AvgIpc) is 2.66. The van der Waals surface area contributed by atoms with Gasteiger partial charge in [0.2, 0.25) is 5.95 Å². The number of hydrogen-bond acceptors (Lipinski definition) is 3. The van der Waals surface area contributed by atoms with E-state index < -0.39 is 5.95 Å².